The van der Waals surface area contributed by atoms with Gasteiger partial charge in [-0.3, -0.25) is 19.0 Å². The first-order chi connectivity index (χ1) is 14.8. The van der Waals surface area contributed by atoms with Crippen molar-refractivity contribution in [2.24, 2.45) is 0 Å². The molecule has 1 aromatic carbocycles. The maximum Gasteiger partial charge on any atom is 0.296 e. The zero-order valence-corrected chi connectivity index (χ0v) is 17.5. The van der Waals surface area contributed by atoms with Crippen molar-refractivity contribution >= 4 is 11.7 Å². The van der Waals surface area contributed by atoms with Crippen LogP contribution in [0.4, 0.5) is 4.39 Å². The highest BCUT2D eigenvalue weighted by Gasteiger charge is 2.28. The van der Waals surface area contributed by atoms with Crippen LogP contribution >= 0.6 is 0 Å². The lowest BCUT2D eigenvalue weighted by atomic mass is 10.1. The first kappa shape index (κ1) is 22.6. The van der Waals surface area contributed by atoms with Gasteiger partial charge in [0.05, 0.1) is 19.1 Å². The smallest absolute Gasteiger partial charge is 0.296 e. The van der Waals surface area contributed by atoms with Gasteiger partial charge in [0.2, 0.25) is 5.75 Å². The fourth-order valence-electron chi connectivity index (χ4n) is 3.49. The van der Waals surface area contributed by atoms with Crippen molar-refractivity contribution in [3.8, 4) is 5.75 Å². The maximum atomic E-state index is 13.0. The molecule has 0 saturated heterocycles. The number of hydrogen-bond acceptors (Lipinski definition) is 7. The van der Waals surface area contributed by atoms with Gasteiger partial charge >= 0.3 is 0 Å². The van der Waals surface area contributed by atoms with Crippen LogP contribution in [0.1, 0.15) is 40.8 Å². The Kier molecular flexibility index (Phi) is 7.13. The molecule has 0 fully saturated rings. The van der Waals surface area contributed by atoms with Crippen LogP contribution < -0.4 is 16.2 Å². The first-order valence-corrected chi connectivity index (χ1v) is 10.0. The number of hydrogen-bond donors (Lipinski definition) is 3. The molecule has 3 N–H and O–H groups in total. The molecule has 0 saturated carbocycles. The van der Waals surface area contributed by atoms with Gasteiger partial charge < -0.3 is 20.6 Å². The standard InChI is InChI=1S/C21H26FN5O4/c1-26(2)12-15(28)11-23-16-4-3-9-27-19(16)25-17(18(29)21(27)31)20(30)24-10-13-5-7-14(22)8-6-13/h5-8,16,23,29H,3-4,9-12H2,1-2H3,(H,24,30). The van der Waals surface area contributed by atoms with E-state index in [1.807, 2.05) is 0 Å². The molecule has 1 atom stereocenters. The lowest BCUT2D eigenvalue weighted by Crippen LogP contribution is -2.40. The average molecular weight is 431 g/mol. The Balaban J connectivity index is 1.78. The van der Waals surface area contributed by atoms with Crippen molar-refractivity contribution in [1.29, 1.82) is 0 Å². The Labute approximate surface area is 178 Å². The number of benzene rings is 1. The molecule has 0 radical (unpaired) electrons. The molecule has 166 valence electrons. The van der Waals surface area contributed by atoms with Crippen LogP contribution in [0, 0.1) is 5.82 Å². The number of nitrogens with one attached hydrogen (secondary N) is 2. The van der Waals surface area contributed by atoms with Crippen molar-refractivity contribution < 1.29 is 19.1 Å². The zero-order chi connectivity index (χ0) is 22.5. The molecule has 0 bridgehead atoms. The number of amides is 1. The molecule has 3 rings (SSSR count). The van der Waals surface area contributed by atoms with Gasteiger partial charge in [-0.1, -0.05) is 12.1 Å². The Morgan fingerprint density at radius 1 is 1.29 bits per heavy atom. The van der Waals surface area contributed by atoms with Crippen LogP contribution in [0.25, 0.3) is 0 Å². The summed E-state index contributed by atoms with van der Waals surface area (Å²) in [6.45, 7) is 0.841. The largest absolute Gasteiger partial charge is 0.501 e. The van der Waals surface area contributed by atoms with Gasteiger partial charge in [-0.05, 0) is 44.6 Å². The Hall–Kier alpha value is -3.11. The van der Waals surface area contributed by atoms with E-state index >= 15 is 0 Å². The summed E-state index contributed by atoms with van der Waals surface area (Å²) >= 11 is 0. The predicted molar refractivity (Wildman–Crippen MR) is 111 cm³/mol. The molecule has 2 aromatic rings. The second-order valence-electron chi connectivity index (χ2n) is 7.79. The summed E-state index contributed by atoms with van der Waals surface area (Å²) in [5, 5.41) is 16.0. The molecule has 1 aliphatic rings. The van der Waals surface area contributed by atoms with Gasteiger partial charge in [-0.2, -0.15) is 0 Å². The second kappa shape index (κ2) is 9.80. The highest BCUT2D eigenvalue weighted by molar-refractivity contribution is 5.94. The van der Waals surface area contributed by atoms with Crippen LogP contribution in [0.15, 0.2) is 29.1 Å². The third-order valence-electron chi connectivity index (χ3n) is 4.98. The molecular formula is C21H26FN5O4. The van der Waals surface area contributed by atoms with Crippen LogP contribution in [0.5, 0.6) is 5.75 Å². The van der Waals surface area contributed by atoms with E-state index in [9.17, 15) is 23.9 Å². The van der Waals surface area contributed by atoms with Gasteiger partial charge in [0.1, 0.15) is 11.6 Å². The van der Waals surface area contributed by atoms with Gasteiger partial charge in [0.25, 0.3) is 11.5 Å². The van der Waals surface area contributed by atoms with E-state index in [0.29, 0.717) is 30.8 Å². The third kappa shape index (κ3) is 5.53. The van der Waals surface area contributed by atoms with Crippen LogP contribution in [-0.2, 0) is 17.9 Å². The number of likely N-dealkylation sites (N-methyl/N-ethyl adjacent to an activating group) is 1. The number of carbonyl (C=O) groups excluding carboxylic acids is 2. The van der Waals surface area contributed by atoms with Gasteiger partial charge in [-0.25, -0.2) is 9.37 Å². The maximum absolute atomic E-state index is 13.0. The van der Waals surface area contributed by atoms with Crippen molar-refractivity contribution in [3.63, 3.8) is 0 Å². The number of halogens is 1. The summed E-state index contributed by atoms with van der Waals surface area (Å²) in [4.78, 5) is 43.3. The lowest BCUT2D eigenvalue weighted by Gasteiger charge is -2.27. The summed E-state index contributed by atoms with van der Waals surface area (Å²) < 4.78 is 14.4. The summed E-state index contributed by atoms with van der Waals surface area (Å²) in [5.74, 6) is -1.51. The van der Waals surface area contributed by atoms with Crippen LogP contribution in [-0.4, -0.2) is 58.4 Å². The fraction of sp³-hybridized carbons (Fsp3) is 0.429. The topological polar surface area (TPSA) is 117 Å². The SMILES string of the molecule is CN(C)CC(=O)CNC1CCCn2c1nc(C(=O)NCc1ccc(F)cc1)c(O)c2=O. The molecule has 1 aliphatic heterocycles. The molecule has 0 aliphatic carbocycles. The van der Waals surface area contributed by atoms with Crippen LogP contribution in [0.2, 0.25) is 0 Å². The third-order valence-corrected chi connectivity index (χ3v) is 4.98. The highest BCUT2D eigenvalue weighted by Crippen LogP contribution is 2.24. The van der Waals surface area contributed by atoms with Crippen molar-refractivity contribution in [2.75, 3.05) is 27.2 Å². The van der Waals surface area contributed by atoms with Gasteiger partial charge in [0, 0.05) is 13.1 Å². The number of ketones is 1. The minimum Gasteiger partial charge on any atom is -0.501 e. The number of fused-ring (bicyclic) bond motifs is 1. The van der Waals surface area contributed by atoms with Crippen molar-refractivity contribution in [1.82, 2.24) is 25.1 Å². The molecule has 1 aromatic heterocycles. The molecule has 10 heteroatoms. The first-order valence-electron chi connectivity index (χ1n) is 10.0. The molecular weight excluding hydrogens is 405 g/mol. The summed E-state index contributed by atoms with van der Waals surface area (Å²) in [6.07, 6.45) is 1.31. The lowest BCUT2D eigenvalue weighted by molar-refractivity contribution is -0.119. The van der Waals surface area contributed by atoms with E-state index in [1.54, 1.807) is 19.0 Å². The summed E-state index contributed by atoms with van der Waals surface area (Å²) in [5.41, 5.74) is -0.405. The van der Waals surface area contributed by atoms with Crippen molar-refractivity contribution in [3.05, 3.63) is 57.5 Å². The molecule has 2 heterocycles. The zero-order valence-electron chi connectivity index (χ0n) is 17.5. The number of nitrogens with zero attached hydrogens (tertiary/aromatic N) is 3. The number of rotatable bonds is 8. The molecule has 9 nitrogen and oxygen atoms in total. The monoisotopic (exact) mass is 431 g/mol. The minimum atomic E-state index is -0.718. The van der Waals surface area contributed by atoms with Crippen molar-refractivity contribution in [2.45, 2.75) is 32.0 Å². The van der Waals surface area contributed by atoms with Gasteiger partial charge in [0.15, 0.2) is 11.5 Å². The molecule has 1 amide bonds. The molecule has 0 spiro atoms. The van der Waals surface area contributed by atoms with Gasteiger partial charge in [-0.15, -0.1) is 0 Å². The molecule has 1 unspecified atom stereocenters. The number of Topliss-reactive ketones (excluding diaryl/α,β-unsaturated/α-hetero) is 1. The normalized spacial score (nSPS) is 15.5. The number of carbonyl (C=O) groups is 2. The Morgan fingerprint density at radius 2 is 2.00 bits per heavy atom. The number of aromatic hydroxyl groups is 1. The van der Waals surface area contributed by atoms with Crippen LogP contribution in [0.3, 0.4) is 0 Å². The molecule has 31 heavy (non-hydrogen) atoms. The van der Waals surface area contributed by atoms with E-state index in [2.05, 4.69) is 15.6 Å². The summed E-state index contributed by atoms with van der Waals surface area (Å²) in [7, 11) is 3.60. The Bertz CT molecular complexity index is 1020. The van der Waals surface area contributed by atoms with E-state index in [0.717, 1.165) is 0 Å². The highest BCUT2D eigenvalue weighted by atomic mass is 19.1. The van der Waals surface area contributed by atoms with E-state index in [-0.39, 0.29) is 36.9 Å². The predicted octanol–water partition coefficient (Wildman–Crippen LogP) is 0.573. The average Bonchev–Trinajstić information content (AvgIpc) is 2.73. The van der Waals surface area contributed by atoms with E-state index in [4.69, 9.17) is 0 Å². The fourth-order valence-corrected chi connectivity index (χ4v) is 3.49. The second-order valence-corrected chi connectivity index (χ2v) is 7.79. The minimum absolute atomic E-state index is 0.0134. The van der Waals surface area contributed by atoms with E-state index < -0.39 is 23.3 Å². The quantitative estimate of drug-likeness (QED) is 0.560. The van der Waals surface area contributed by atoms with E-state index in [1.165, 1.54) is 28.8 Å². The summed E-state index contributed by atoms with van der Waals surface area (Å²) in [6, 6.07) is 5.20. The number of aromatic nitrogens is 2. The Morgan fingerprint density at radius 3 is 2.68 bits per heavy atom.